The number of ether oxygens (including phenoxy) is 1. The van der Waals surface area contributed by atoms with Crippen molar-refractivity contribution in [2.45, 2.75) is 37.9 Å². The van der Waals surface area contributed by atoms with Crippen molar-refractivity contribution < 1.29 is 4.74 Å². The third-order valence-corrected chi connectivity index (χ3v) is 8.39. The Morgan fingerprint density at radius 3 is 2.13 bits per heavy atom. The summed E-state index contributed by atoms with van der Waals surface area (Å²) < 4.78 is 5.20. The predicted octanol–water partition coefficient (Wildman–Crippen LogP) is 3.16. The average molecular weight is 220 g/mol. The SMILES string of the molecule is COc1ccc([Si]2(C)CCCCC2)cc1. The molecule has 1 aromatic carbocycles. The quantitative estimate of drug-likeness (QED) is 0.696. The molecular formula is C13H20OSi. The van der Waals surface area contributed by atoms with E-state index in [1.807, 2.05) is 0 Å². The molecule has 82 valence electrons. The summed E-state index contributed by atoms with van der Waals surface area (Å²) >= 11 is 0. The summed E-state index contributed by atoms with van der Waals surface area (Å²) in [6, 6.07) is 11.7. The maximum absolute atomic E-state index is 5.20. The zero-order valence-electron chi connectivity index (χ0n) is 9.75. The molecule has 2 heteroatoms. The molecular weight excluding hydrogens is 200 g/mol. The van der Waals surface area contributed by atoms with Crippen LogP contribution in [0.1, 0.15) is 19.3 Å². The minimum atomic E-state index is -1.10. The van der Waals surface area contributed by atoms with Gasteiger partial charge < -0.3 is 4.74 Å². The fourth-order valence-electron chi connectivity index (χ4n) is 2.61. The topological polar surface area (TPSA) is 9.23 Å². The van der Waals surface area contributed by atoms with Crippen LogP contribution in [0.15, 0.2) is 24.3 Å². The van der Waals surface area contributed by atoms with Gasteiger partial charge in [-0.05, 0) is 12.1 Å². The van der Waals surface area contributed by atoms with E-state index >= 15 is 0 Å². The van der Waals surface area contributed by atoms with Crippen LogP contribution >= 0.6 is 0 Å². The van der Waals surface area contributed by atoms with Crippen LogP contribution in [0.5, 0.6) is 5.75 Å². The summed E-state index contributed by atoms with van der Waals surface area (Å²) in [5.41, 5.74) is 0. The number of rotatable bonds is 2. The lowest BCUT2D eigenvalue weighted by Gasteiger charge is -2.32. The van der Waals surface area contributed by atoms with Gasteiger partial charge in [-0.2, -0.15) is 0 Å². The van der Waals surface area contributed by atoms with E-state index in [0.29, 0.717) is 0 Å². The molecule has 1 aliphatic rings. The third kappa shape index (κ3) is 2.25. The maximum atomic E-state index is 5.20. The second-order valence-electron chi connectivity index (χ2n) is 4.85. The monoisotopic (exact) mass is 220 g/mol. The van der Waals surface area contributed by atoms with Gasteiger partial charge in [0, 0.05) is 0 Å². The highest BCUT2D eigenvalue weighted by Gasteiger charge is 2.30. The van der Waals surface area contributed by atoms with Gasteiger partial charge in [0.1, 0.15) is 5.75 Å². The van der Waals surface area contributed by atoms with E-state index in [0.717, 1.165) is 5.75 Å². The van der Waals surface area contributed by atoms with Crippen molar-refractivity contribution in [3.8, 4) is 5.75 Å². The summed E-state index contributed by atoms with van der Waals surface area (Å²) in [4.78, 5) is 0. The molecule has 0 aliphatic carbocycles. The van der Waals surface area contributed by atoms with Crippen LogP contribution in [0.25, 0.3) is 0 Å². The highest BCUT2D eigenvalue weighted by atomic mass is 28.3. The van der Waals surface area contributed by atoms with Crippen LogP contribution in [-0.2, 0) is 0 Å². The first-order chi connectivity index (χ1) is 7.24. The first-order valence-electron chi connectivity index (χ1n) is 5.89. The van der Waals surface area contributed by atoms with Crippen LogP contribution < -0.4 is 9.92 Å². The molecule has 0 unspecified atom stereocenters. The largest absolute Gasteiger partial charge is 0.497 e. The highest BCUT2D eigenvalue weighted by molar-refractivity contribution is 6.91. The molecule has 0 amide bonds. The molecule has 0 N–H and O–H groups in total. The number of benzene rings is 1. The van der Waals surface area contributed by atoms with Gasteiger partial charge in [0.15, 0.2) is 0 Å². The van der Waals surface area contributed by atoms with Crippen molar-refractivity contribution in [2.75, 3.05) is 7.11 Å². The smallest absolute Gasteiger partial charge is 0.118 e. The summed E-state index contributed by atoms with van der Waals surface area (Å²) in [5.74, 6) is 0.979. The Hall–Kier alpha value is -0.763. The summed E-state index contributed by atoms with van der Waals surface area (Å²) in [6.45, 7) is 2.54. The minimum Gasteiger partial charge on any atom is -0.497 e. The van der Waals surface area contributed by atoms with E-state index in [2.05, 4.69) is 30.8 Å². The lowest BCUT2D eigenvalue weighted by atomic mass is 10.3. The van der Waals surface area contributed by atoms with Crippen molar-refractivity contribution >= 4 is 13.3 Å². The summed E-state index contributed by atoms with van der Waals surface area (Å²) in [6.07, 6.45) is 4.32. The number of hydrogen-bond acceptors (Lipinski definition) is 1. The normalized spacial score (nSPS) is 19.9. The molecule has 0 aromatic heterocycles. The molecule has 1 aromatic rings. The molecule has 0 saturated carbocycles. The molecule has 1 heterocycles. The molecule has 0 atom stereocenters. The fourth-order valence-corrected chi connectivity index (χ4v) is 6.47. The van der Waals surface area contributed by atoms with Crippen molar-refractivity contribution in [3.63, 3.8) is 0 Å². The van der Waals surface area contributed by atoms with E-state index < -0.39 is 8.07 Å². The second kappa shape index (κ2) is 4.39. The Morgan fingerprint density at radius 2 is 1.60 bits per heavy atom. The van der Waals surface area contributed by atoms with Gasteiger partial charge in [-0.25, -0.2) is 0 Å². The van der Waals surface area contributed by atoms with Crippen LogP contribution in [-0.4, -0.2) is 15.2 Å². The maximum Gasteiger partial charge on any atom is 0.118 e. The lowest BCUT2D eigenvalue weighted by molar-refractivity contribution is 0.415. The van der Waals surface area contributed by atoms with Gasteiger partial charge in [-0.15, -0.1) is 0 Å². The Balaban J connectivity index is 2.20. The van der Waals surface area contributed by atoms with E-state index in [1.54, 1.807) is 12.3 Å². The highest BCUT2D eigenvalue weighted by Crippen LogP contribution is 2.28. The van der Waals surface area contributed by atoms with Crippen LogP contribution in [0.3, 0.4) is 0 Å². The minimum absolute atomic E-state index is 0.979. The molecule has 15 heavy (non-hydrogen) atoms. The van der Waals surface area contributed by atoms with E-state index in [9.17, 15) is 0 Å². The standard InChI is InChI=1S/C13H20OSi/c1-14-12-6-8-13(9-7-12)15(2)10-4-3-5-11-15/h6-9H,3-5,10-11H2,1-2H3. The zero-order valence-corrected chi connectivity index (χ0v) is 10.8. The lowest BCUT2D eigenvalue weighted by Crippen LogP contribution is -2.45. The van der Waals surface area contributed by atoms with Crippen LogP contribution in [0.2, 0.25) is 18.6 Å². The van der Waals surface area contributed by atoms with Gasteiger partial charge in [0.05, 0.1) is 15.2 Å². The first kappa shape index (κ1) is 10.7. The van der Waals surface area contributed by atoms with Crippen LogP contribution in [0, 0.1) is 0 Å². The van der Waals surface area contributed by atoms with Gasteiger partial charge >= 0.3 is 0 Å². The Kier molecular flexibility index (Phi) is 3.15. The first-order valence-corrected chi connectivity index (χ1v) is 8.81. The predicted molar refractivity (Wildman–Crippen MR) is 67.7 cm³/mol. The summed E-state index contributed by atoms with van der Waals surface area (Å²) in [5, 5.41) is 1.61. The van der Waals surface area contributed by atoms with E-state index in [4.69, 9.17) is 4.74 Å². The average Bonchev–Trinajstić information content (AvgIpc) is 2.30. The molecule has 1 aliphatic heterocycles. The Bertz CT molecular complexity index is 312. The number of methoxy groups -OCH3 is 1. The Labute approximate surface area is 93.5 Å². The van der Waals surface area contributed by atoms with E-state index in [-0.39, 0.29) is 0 Å². The molecule has 1 saturated heterocycles. The molecule has 1 nitrogen and oxygen atoms in total. The van der Waals surface area contributed by atoms with Crippen molar-refractivity contribution in [1.29, 1.82) is 0 Å². The van der Waals surface area contributed by atoms with Crippen LogP contribution in [0.4, 0.5) is 0 Å². The fraction of sp³-hybridized carbons (Fsp3) is 0.538. The van der Waals surface area contributed by atoms with Gasteiger partial charge in [0.2, 0.25) is 0 Å². The zero-order chi connectivity index (χ0) is 10.7. The molecule has 0 spiro atoms. The summed E-state index contributed by atoms with van der Waals surface area (Å²) in [7, 11) is 0.627. The molecule has 0 radical (unpaired) electrons. The number of hydrogen-bond donors (Lipinski definition) is 0. The molecule has 1 fully saturated rings. The van der Waals surface area contributed by atoms with Gasteiger partial charge in [0.25, 0.3) is 0 Å². The van der Waals surface area contributed by atoms with Crippen molar-refractivity contribution in [3.05, 3.63) is 24.3 Å². The molecule has 0 bridgehead atoms. The Morgan fingerprint density at radius 1 is 1.00 bits per heavy atom. The van der Waals surface area contributed by atoms with Gasteiger partial charge in [-0.1, -0.05) is 55.2 Å². The molecule has 2 rings (SSSR count). The third-order valence-electron chi connectivity index (χ3n) is 3.74. The van der Waals surface area contributed by atoms with E-state index in [1.165, 1.54) is 31.4 Å². The second-order valence-corrected chi connectivity index (χ2v) is 9.55. The van der Waals surface area contributed by atoms with Crippen molar-refractivity contribution in [1.82, 2.24) is 0 Å². The van der Waals surface area contributed by atoms with Crippen molar-refractivity contribution in [2.24, 2.45) is 0 Å². The van der Waals surface area contributed by atoms with Gasteiger partial charge in [-0.3, -0.25) is 0 Å².